The lowest BCUT2D eigenvalue weighted by atomic mass is 10.1. The fourth-order valence-corrected chi connectivity index (χ4v) is 8.39. The summed E-state index contributed by atoms with van der Waals surface area (Å²) in [6.45, 7) is 3.05. The number of piperidine rings is 1. The van der Waals surface area contributed by atoms with Gasteiger partial charge in [0.15, 0.2) is 0 Å². The van der Waals surface area contributed by atoms with E-state index >= 15 is 8.78 Å². The van der Waals surface area contributed by atoms with E-state index in [4.69, 9.17) is 0 Å². The molecule has 6 rings (SSSR count). The van der Waals surface area contributed by atoms with Gasteiger partial charge in [-0.25, -0.2) is 17.2 Å². The van der Waals surface area contributed by atoms with Crippen LogP contribution in [0.4, 0.5) is 14.5 Å². The Hall–Kier alpha value is -2.07. The van der Waals surface area contributed by atoms with Gasteiger partial charge in [0.1, 0.15) is 24.3 Å². The molecule has 0 bridgehead atoms. The number of fused-ring (bicyclic) bond motifs is 1. The topological polar surface area (TPSA) is 71.3 Å². The molecule has 0 radical (unpaired) electrons. The van der Waals surface area contributed by atoms with E-state index in [1.54, 1.807) is 12.7 Å². The lowest BCUT2D eigenvalue weighted by molar-refractivity contribution is 0.273. The van der Waals surface area contributed by atoms with E-state index in [2.05, 4.69) is 10.2 Å². The van der Waals surface area contributed by atoms with E-state index in [1.807, 2.05) is 16.4 Å². The predicted octanol–water partition coefficient (Wildman–Crippen LogP) is 2.96. The summed E-state index contributed by atoms with van der Waals surface area (Å²) in [5.41, 5.74) is 0.358. The van der Waals surface area contributed by atoms with Crippen molar-refractivity contribution in [1.82, 2.24) is 19.1 Å². The fourth-order valence-electron chi connectivity index (χ4n) is 5.92. The van der Waals surface area contributed by atoms with Gasteiger partial charge < -0.3 is 9.47 Å². The Balaban J connectivity index is 1.19. The highest BCUT2D eigenvalue weighted by Gasteiger charge is 2.57. The third-order valence-electron chi connectivity index (χ3n) is 7.93. The molecule has 1 aromatic heterocycles. The molecule has 0 spiro atoms. The Labute approximate surface area is 186 Å². The molecule has 2 aliphatic heterocycles. The molecule has 4 aliphatic rings. The number of nitrogens with zero attached hydrogens (tertiary/aromatic N) is 5. The van der Waals surface area contributed by atoms with Gasteiger partial charge in [0.05, 0.1) is 10.9 Å². The summed E-state index contributed by atoms with van der Waals surface area (Å²) in [5.74, 6) is -0.0567. The first kappa shape index (κ1) is 20.5. The smallest absolute Gasteiger partial charge is 0.217 e. The van der Waals surface area contributed by atoms with Crippen LogP contribution in [0.15, 0.2) is 24.8 Å². The van der Waals surface area contributed by atoms with Crippen molar-refractivity contribution >= 4 is 15.7 Å². The van der Waals surface area contributed by atoms with Crippen molar-refractivity contribution in [3.8, 4) is 0 Å². The second-order valence-corrected chi connectivity index (χ2v) is 12.0. The summed E-state index contributed by atoms with van der Waals surface area (Å²) in [6, 6.07) is 2.55. The number of rotatable bonds is 5. The zero-order valence-electron chi connectivity index (χ0n) is 17.9. The van der Waals surface area contributed by atoms with Crippen LogP contribution in [0.25, 0.3) is 0 Å². The van der Waals surface area contributed by atoms with Gasteiger partial charge in [0, 0.05) is 55.2 Å². The molecule has 0 N–H and O–H groups in total. The summed E-state index contributed by atoms with van der Waals surface area (Å²) in [5, 5.41) is 7.32. The van der Waals surface area contributed by atoms with Gasteiger partial charge in [-0.15, -0.1) is 10.2 Å². The van der Waals surface area contributed by atoms with E-state index in [-0.39, 0.29) is 35.0 Å². The Morgan fingerprint density at radius 3 is 2.34 bits per heavy atom. The third-order valence-corrected chi connectivity index (χ3v) is 10.5. The van der Waals surface area contributed by atoms with Gasteiger partial charge in [-0.2, -0.15) is 4.31 Å². The molecule has 2 aliphatic carbocycles. The van der Waals surface area contributed by atoms with E-state index in [1.165, 1.54) is 16.4 Å². The first-order valence-electron chi connectivity index (χ1n) is 11.4. The number of hydrogen-bond donors (Lipinski definition) is 0. The molecule has 172 valence electrons. The first-order chi connectivity index (χ1) is 15.3. The molecule has 2 saturated heterocycles. The number of anilines is 1. The lowest BCUT2D eigenvalue weighted by Crippen LogP contribution is -2.48. The molecule has 2 aromatic rings. The van der Waals surface area contributed by atoms with Crippen molar-refractivity contribution in [3.05, 3.63) is 42.0 Å². The number of hydrogen-bond acceptors (Lipinski definition) is 5. The Bertz CT molecular complexity index is 1130. The summed E-state index contributed by atoms with van der Waals surface area (Å²) < 4.78 is 59.8. The van der Waals surface area contributed by atoms with Gasteiger partial charge in [-0.1, -0.05) is 0 Å². The van der Waals surface area contributed by atoms with Crippen molar-refractivity contribution in [1.29, 1.82) is 0 Å². The minimum absolute atomic E-state index is 0.102. The Kier molecular flexibility index (Phi) is 4.63. The molecule has 4 fully saturated rings. The predicted molar refractivity (Wildman–Crippen MR) is 114 cm³/mol. The van der Waals surface area contributed by atoms with Gasteiger partial charge in [-0.3, -0.25) is 0 Å². The van der Waals surface area contributed by atoms with Gasteiger partial charge in [0.2, 0.25) is 10.0 Å². The monoisotopic (exact) mass is 463 g/mol. The molecule has 32 heavy (non-hydrogen) atoms. The van der Waals surface area contributed by atoms with Crippen molar-refractivity contribution in [2.24, 2.45) is 17.8 Å². The quantitative estimate of drug-likeness (QED) is 0.682. The minimum Gasteiger partial charge on any atom is -0.368 e. The maximum Gasteiger partial charge on any atom is 0.217 e. The van der Waals surface area contributed by atoms with Crippen LogP contribution in [-0.4, -0.2) is 51.9 Å². The van der Waals surface area contributed by atoms with Crippen LogP contribution in [-0.2, 0) is 16.6 Å². The second-order valence-electron chi connectivity index (χ2n) is 9.92. The zero-order chi connectivity index (χ0) is 22.2. The number of halogens is 2. The lowest BCUT2D eigenvalue weighted by Gasteiger charge is -2.37. The van der Waals surface area contributed by atoms with Crippen LogP contribution < -0.4 is 4.90 Å². The van der Waals surface area contributed by atoms with Gasteiger partial charge in [0.25, 0.3) is 0 Å². The standard InChI is InChI=1S/C22H27F2N5O2S/c1-13-2-5-21(14-3-4-14)32(30,31)29(13)8-15-6-19(24)20(7-18(15)23)27-9-16-17(10-27)22(16)28-11-25-26-12-28/h6-7,11-14,16-17,21-22H,2-5,8-10H2,1H3/t13?,16-,17+,21?,22?. The Morgan fingerprint density at radius 2 is 1.69 bits per heavy atom. The van der Waals surface area contributed by atoms with Crippen LogP contribution in [0.5, 0.6) is 0 Å². The second kappa shape index (κ2) is 7.21. The van der Waals surface area contributed by atoms with E-state index in [9.17, 15) is 8.42 Å². The molecular weight excluding hydrogens is 436 g/mol. The summed E-state index contributed by atoms with van der Waals surface area (Å²) in [7, 11) is -3.51. The molecule has 3 unspecified atom stereocenters. The number of sulfonamides is 1. The molecule has 5 atom stereocenters. The minimum atomic E-state index is -3.51. The zero-order valence-corrected chi connectivity index (χ0v) is 18.8. The number of aromatic nitrogens is 3. The van der Waals surface area contributed by atoms with Crippen molar-refractivity contribution < 1.29 is 17.2 Å². The highest BCUT2D eigenvalue weighted by Crippen LogP contribution is 2.56. The molecule has 1 aromatic carbocycles. The Morgan fingerprint density at radius 1 is 1.00 bits per heavy atom. The van der Waals surface area contributed by atoms with Crippen molar-refractivity contribution in [2.45, 2.75) is 56.5 Å². The average molecular weight is 464 g/mol. The summed E-state index contributed by atoms with van der Waals surface area (Å²) >= 11 is 0. The largest absolute Gasteiger partial charge is 0.368 e. The van der Waals surface area contributed by atoms with Gasteiger partial charge in [-0.05, 0) is 44.6 Å². The molecule has 7 nitrogen and oxygen atoms in total. The third kappa shape index (κ3) is 3.25. The molecule has 10 heteroatoms. The van der Waals surface area contributed by atoms with E-state index < -0.39 is 21.7 Å². The molecule has 2 saturated carbocycles. The first-order valence-corrected chi connectivity index (χ1v) is 12.9. The summed E-state index contributed by atoms with van der Waals surface area (Å²) in [6.07, 6.45) is 6.71. The summed E-state index contributed by atoms with van der Waals surface area (Å²) in [4.78, 5) is 1.89. The van der Waals surface area contributed by atoms with Crippen molar-refractivity contribution in [2.75, 3.05) is 18.0 Å². The van der Waals surface area contributed by atoms with E-state index in [0.717, 1.165) is 19.3 Å². The highest BCUT2D eigenvalue weighted by atomic mass is 32.2. The molecule has 0 amide bonds. The molecular formula is C22H27F2N5O2S. The van der Waals surface area contributed by atoms with E-state index in [0.29, 0.717) is 37.4 Å². The SMILES string of the molecule is CC1CCC(C2CC2)S(=O)(=O)N1Cc1cc(F)c(N2C[C@@H]3C(n4cnnc4)[C@@H]3C2)cc1F. The highest BCUT2D eigenvalue weighted by molar-refractivity contribution is 7.89. The van der Waals surface area contributed by atoms with Crippen LogP contribution in [0.2, 0.25) is 0 Å². The average Bonchev–Trinajstić information content (AvgIpc) is 3.57. The van der Waals surface area contributed by atoms with Crippen LogP contribution in [0, 0.1) is 29.4 Å². The van der Waals surface area contributed by atoms with Crippen LogP contribution in [0.1, 0.15) is 44.2 Å². The van der Waals surface area contributed by atoms with Crippen molar-refractivity contribution in [3.63, 3.8) is 0 Å². The fraction of sp³-hybridized carbons (Fsp3) is 0.636. The maximum absolute atomic E-state index is 15.1. The normalized spacial score (nSPS) is 34.0. The van der Waals surface area contributed by atoms with Crippen LogP contribution >= 0.6 is 0 Å². The van der Waals surface area contributed by atoms with Crippen LogP contribution in [0.3, 0.4) is 0 Å². The van der Waals surface area contributed by atoms with Gasteiger partial charge >= 0.3 is 0 Å². The number of benzene rings is 1. The molecule has 3 heterocycles. The maximum atomic E-state index is 15.1.